The summed E-state index contributed by atoms with van der Waals surface area (Å²) in [5.74, 6) is -0.807. The highest BCUT2D eigenvalue weighted by atomic mass is 79.9. The van der Waals surface area contributed by atoms with Gasteiger partial charge >= 0.3 is 5.97 Å². The van der Waals surface area contributed by atoms with Crippen molar-refractivity contribution in [2.24, 2.45) is 4.99 Å². The van der Waals surface area contributed by atoms with Crippen LogP contribution < -0.4 is 0 Å². The number of cyclic esters (lactones) is 1. The van der Waals surface area contributed by atoms with Gasteiger partial charge in [-0.1, -0.05) is 12.1 Å². The number of rotatable bonds is 2. The van der Waals surface area contributed by atoms with E-state index in [4.69, 9.17) is 9.15 Å². The summed E-state index contributed by atoms with van der Waals surface area (Å²) in [5, 5.41) is 0. The van der Waals surface area contributed by atoms with Gasteiger partial charge in [0.2, 0.25) is 5.90 Å². The predicted molar refractivity (Wildman–Crippen MR) is 81.1 cm³/mol. The van der Waals surface area contributed by atoms with Crippen molar-refractivity contribution in [3.63, 3.8) is 0 Å². The van der Waals surface area contributed by atoms with Crippen molar-refractivity contribution < 1.29 is 18.3 Å². The number of halogens is 3. The zero-order chi connectivity index (χ0) is 15.0. The lowest BCUT2D eigenvalue weighted by Gasteiger charge is -1.99. The number of benzene rings is 1. The van der Waals surface area contributed by atoms with Gasteiger partial charge in [0.1, 0.15) is 11.6 Å². The summed E-state index contributed by atoms with van der Waals surface area (Å²) in [5.41, 5.74) is 0.179. The molecule has 3 rings (SSSR count). The molecule has 0 fully saturated rings. The molecule has 21 heavy (non-hydrogen) atoms. The van der Waals surface area contributed by atoms with Crippen molar-refractivity contribution in [3.8, 4) is 0 Å². The Kier molecular flexibility index (Phi) is 3.77. The Morgan fingerprint density at radius 3 is 2.67 bits per heavy atom. The molecule has 4 nitrogen and oxygen atoms in total. The molecule has 1 aliphatic heterocycles. The Morgan fingerprint density at radius 1 is 1.24 bits per heavy atom. The molecule has 2 aromatic rings. The van der Waals surface area contributed by atoms with E-state index in [-0.39, 0.29) is 17.2 Å². The summed E-state index contributed by atoms with van der Waals surface area (Å²) in [4.78, 5) is 15.8. The average Bonchev–Trinajstić information content (AvgIpc) is 2.95. The number of nitrogens with zero attached hydrogens (tertiary/aromatic N) is 1. The summed E-state index contributed by atoms with van der Waals surface area (Å²) in [6.07, 6.45) is 1.42. The maximum Gasteiger partial charge on any atom is 0.363 e. The molecule has 0 bridgehead atoms. The average molecular weight is 415 g/mol. The van der Waals surface area contributed by atoms with E-state index in [1.807, 2.05) is 0 Å². The van der Waals surface area contributed by atoms with Crippen LogP contribution >= 0.6 is 31.9 Å². The van der Waals surface area contributed by atoms with Crippen LogP contribution in [-0.4, -0.2) is 11.9 Å². The fourth-order valence-electron chi connectivity index (χ4n) is 1.73. The van der Waals surface area contributed by atoms with E-state index >= 15 is 0 Å². The van der Waals surface area contributed by atoms with Crippen LogP contribution in [-0.2, 0) is 9.53 Å². The van der Waals surface area contributed by atoms with E-state index in [9.17, 15) is 9.18 Å². The van der Waals surface area contributed by atoms with E-state index in [0.29, 0.717) is 14.9 Å². The van der Waals surface area contributed by atoms with Crippen LogP contribution in [0.1, 0.15) is 11.3 Å². The Morgan fingerprint density at radius 2 is 2.00 bits per heavy atom. The Labute approximate surface area is 135 Å². The molecule has 0 saturated heterocycles. The van der Waals surface area contributed by atoms with Crippen molar-refractivity contribution in [2.45, 2.75) is 0 Å². The highest BCUT2D eigenvalue weighted by molar-refractivity contribution is 9.13. The lowest BCUT2D eigenvalue weighted by atomic mass is 10.2. The van der Waals surface area contributed by atoms with Gasteiger partial charge in [0, 0.05) is 6.08 Å². The third-order valence-electron chi connectivity index (χ3n) is 2.67. The van der Waals surface area contributed by atoms with Crippen molar-refractivity contribution in [3.05, 3.63) is 62.3 Å². The first-order chi connectivity index (χ1) is 10.0. The topological polar surface area (TPSA) is 51.8 Å². The molecule has 7 heteroatoms. The highest BCUT2D eigenvalue weighted by Crippen LogP contribution is 2.29. The molecule has 1 aromatic heterocycles. The molecule has 1 aromatic carbocycles. The highest BCUT2D eigenvalue weighted by Gasteiger charge is 2.26. The van der Waals surface area contributed by atoms with Gasteiger partial charge in [0.05, 0.1) is 10.0 Å². The molecular weight excluding hydrogens is 409 g/mol. The Hall–Kier alpha value is -1.73. The normalized spacial score (nSPS) is 16.2. The molecule has 0 atom stereocenters. The molecule has 0 unspecified atom stereocenters. The minimum atomic E-state index is -0.656. The molecule has 0 amide bonds. The van der Waals surface area contributed by atoms with E-state index in [1.165, 1.54) is 18.2 Å². The number of esters is 1. The number of furan rings is 1. The Balaban J connectivity index is 1.97. The molecule has 0 saturated carbocycles. The number of carbonyl (C=O) groups is 1. The monoisotopic (exact) mass is 413 g/mol. The zero-order valence-corrected chi connectivity index (χ0v) is 13.4. The number of hydrogen-bond donors (Lipinski definition) is 0. The van der Waals surface area contributed by atoms with Crippen molar-refractivity contribution in [1.82, 2.24) is 0 Å². The van der Waals surface area contributed by atoms with Crippen LogP contribution in [0.15, 0.2) is 54.6 Å². The second-order valence-electron chi connectivity index (χ2n) is 4.09. The largest absolute Gasteiger partial charge is 0.449 e. The van der Waals surface area contributed by atoms with Crippen molar-refractivity contribution in [1.29, 1.82) is 0 Å². The van der Waals surface area contributed by atoms with E-state index in [1.54, 1.807) is 18.2 Å². The Bertz CT molecular complexity index is 776. The van der Waals surface area contributed by atoms with Crippen LogP contribution in [0.4, 0.5) is 4.39 Å². The molecule has 0 aliphatic carbocycles. The minimum absolute atomic E-state index is 0.0435. The number of aliphatic imine (C=N–C) groups is 1. The lowest BCUT2D eigenvalue weighted by molar-refractivity contribution is -0.129. The first kappa shape index (κ1) is 14.2. The third kappa shape index (κ3) is 2.84. The third-order valence-corrected chi connectivity index (χ3v) is 4.38. The first-order valence-electron chi connectivity index (χ1n) is 5.77. The second kappa shape index (κ2) is 5.57. The fraction of sp³-hybridized carbons (Fsp3) is 0. The van der Waals surface area contributed by atoms with Gasteiger partial charge < -0.3 is 9.15 Å². The molecule has 0 spiro atoms. The van der Waals surface area contributed by atoms with Crippen LogP contribution in [0.2, 0.25) is 0 Å². The van der Waals surface area contributed by atoms with Crippen LogP contribution in [0, 0.1) is 5.82 Å². The van der Waals surface area contributed by atoms with Crippen molar-refractivity contribution in [2.75, 3.05) is 0 Å². The van der Waals surface area contributed by atoms with Gasteiger partial charge in [-0.3, -0.25) is 0 Å². The number of ether oxygens (including phenoxy) is 1. The summed E-state index contributed by atoms with van der Waals surface area (Å²) in [7, 11) is 0. The van der Waals surface area contributed by atoms with Gasteiger partial charge in [0.15, 0.2) is 10.4 Å². The summed E-state index contributed by atoms with van der Waals surface area (Å²) in [6.45, 7) is 0. The van der Waals surface area contributed by atoms with E-state index in [2.05, 4.69) is 36.9 Å². The SMILES string of the molecule is O=C1OC(c2ccccc2F)=N/C1=C/c1cc(Br)c(Br)o1. The maximum absolute atomic E-state index is 13.7. The standard InChI is InChI=1S/C14H6Br2FNO3/c15-9-5-7(20-12(9)16)6-11-14(19)21-13(18-11)8-3-1-2-4-10(8)17/h1-6H/b11-6+. The summed E-state index contributed by atoms with van der Waals surface area (Å²) in [6, 6.07) is 7.61. The summed E-state index contributed by atoms with van der Waals surface area (Å²) >= 11 is 6.46. The lowest BCUT2D eigenvalue weighted by Crippen LogP contribution is -2.07. The molecule has 2 heterocycles. The molecule has 0 radical (unpaired) electrons. The van der Waals surface area contributed by atoms with Crippen LogP contribution in [0.25, 0.3) is 6.08 Å². The maximum atomic E-state index is 13.7. The minimum Gasteiger partial charge on any atom is -0.449 e. The van der Waals surface area contributed by atoms with Gasteiger partial charge in [-0.15, -0.1) is 0 Å². The quantitative estimate of drug-likeness (QED) is 0.544. The smallest absolute Gasteiger partial charge is 0.363 e. The molecule has 106 valence electrons. The van der Waals surface area contributed by atoms with Crippen LogP contribution in [0.5, 0.6) is 0 Å². The van der Waals surface area contributed by atoms with Gasteiger partial charge in [-0.05, 0) is 50.1 Å². The fourth-order valence-corrected chi connectivity index (χ4v) is 2.34. The van der Waals surface area contributed by atoms with Crippen molar-refractivity contribution >= 4 is 49.8 Å². The van der Waals surface area contributed by atoms with Gasteiger partial charge in [-0.2, -0.15) is 0 Å². The van der Waals surface area contributed by atoms with Gasteiger partial charge in [0.25, 0.3) is 0 Å². The predicted octanol–water partition coefficient (Wildman–Crippen LogP) is 4.29. The second-order valence-corrected chi connectivity index (χ2v) is 5.66. The summed E-state index contributed by atoms with van der Waals surface area (Å²) < 4.78 is 25.2. The number of hydrogen-bond acceptors (Lipinski definition) is 4. The van der Waals surface area contributed by atoms with E-state index in [0.717, 1.165) is 0 Å². The zero-order valence-electron chi connectivity index (χ0n) is 10.3. The molecular formula is C14H6Br2FNO3. The number of carbonyl (C=O) groups excluding carboxylic acids is 1. The van der Waals surface area contributed by atoms with Gasteiger partial charge in [-0.25, -0.2) is 14.2 Å². The first-order valence-corrected chi connectivity index (χ1v) is 7.35. The van der Waals surface area contributed by atoms with Crippen LogP contribution in [0.3, 0.4) is 0 Å². The van der Waals surface area contributed by atoms with E-state index < -0.39 is 11.8 Å². The molecule has 1 aliphatic rings. The molecule has 0 N–H and O–H groups in total.